The van der Waals surface area contributed by atoms with Gasteiger partial charge in [0.15, 0.2) is 11.4 Å². The summed E-state index contributed by atoms with van der Waals surface area (Å²) in [5, 5.41) is 34.4. The molecule has 0 amide bonds. The Morgan fingerprint density at radius 2 is 1.64 bits per heavy atom. The van der Waals surface area contributed by atoms with Gasteiger partial charge in [0, 0.05) is 18.3 Å². The first kappa shape index (κ1) is 28.3. The van der Waals surface area contributed by atoms with E-state index in [1.807, 2.05) is 0 Å². The Labute approximate surface area is 232 Å². The van der Waals surface area contributed by atoms with Gasteiger partial charge in [-0.25, -0.2) is 0 Å². The Kier molecular flexibility index (Phi) is 6.57. The highest BCUT2D eigenvalue weighted by Crippen LogP contribution is 2.74. The number of fused-ring (bicyclic) bond motifs is 3. The van der Waals surface area contributed by atoms with E-state index in [4.69, 9.17) is 18.9 Å². The van der Waals surface area contributed by atoms with Crippen molar-refractivity contribution in [3.63, 3.8) is 0 Å². The van der Waals surface area contributed by atoms with Crippen molar-refractivity contribution in [2.45, 2.75) is 140 Å². The largest absolute Gasteiger partial charge is 0.393 e. The standard InChI is InChI=1S/C31H48O8/c1-7-8-9-10-11-12-13-14-28-37-25-22-24-27(16-32,36-24)26(34)29(35)21(15-18(4)23(29)33)31(22,39-28)20(6)19(5)30(25,38-28)17(2)3/h15,17,19-22,24-26,32,34-35H,7-14,16H2,1-6H3/t19-,20-,21-,22+,24+,25-,26-,27+,28?,29-,30+,31+/m1/s1. The van der Waals surface area contributed by atoms with Crippen LogP contribution in [0.2, 0.25) is 0 Å². The first-order valence-corrected chi connectivity index (χ1v) is 15.4. The number of ketones is 1. The summed E-state index contributed by atoms with van der Waals surface area (Å²) >= 11 is 0. The van der Waals surface area contributed by atoms with Gasteiger partial charge in [-0.15, -0.1) is 0 Å². The first-order valence-electron chi connectivity index (χ1n) is 15.4. The minimum Gasteiger partial charge on any atom is -0.393 e. The number of aliphatic hydroxyl groups is 3. The molecule has 3 heterocycles. The molecule has 3 bridgehead atoms. The maximum absolute atomic E-state index is 13.6. The average Bonchev–Trinajstić information content (AvgIpc) is 3.53. The van der Waals surface area contributed by atoms with Crippen LogP contribution >= 0.6 is 0 Å². The Morgan fingerprint density at radius 1 is 0.974 bits per heavy atom. The molecule has 1 unspecified atom stereocenters. The van der Waals surface area contributed by atoms with Crippen molar-refractivity contribution in [1.29, 1.82) is 0 Å². The lowest BCUT2D eigenvalue weighted by Crippen LogP contribution is -2.75. The maximum atomic E-state index is 13.6. The molecule has 6 rings (SSSR count). The van der Waals surface area contributed by atoms with Crippen LogP contribution in [-0.2, 0) is 23.7 Å². The molecule has 0 aromatic carbocycles. The fourth-order valence-electron chi connectivity index (χ4n) is 9.59. The lowest BCUT2D eigenvalue weighted by atomic mass is 9.50. The number of ether oxygens (including phenoxy) is 4. The zero-order valence-electron chi connectivity index (χ0n) is 24.4. The van der Waals surface area contributed by atoms with Gasteiger partial charge in [-0.2, -0.15) is 0 Å². The Morgan fingerprint density at radius 3 is 2.28 bits per heavy atom. The number of Topliss-reactive ketones (excluding diaryl/α,β-unsaturated/α-hetero) is 1. The van der Waals surface area contributed by atoms with Crippen LogP contribution < -0.4 is 0 Å². The number of rotatable bonds is 10. The van der Waals surface area contributed by atoms with Crippen LogP contribution in [-0.4, -0.2) is 74.4 Å². The average molecular weight is 549 g/mol. The minimum absolute atomic E-state index is 0.0247. The summed E-state index contributed by atoms with van der Waals surface area (Å²) in [6.07, 6.45) is 7.71. The topological polar surface area (TPSA) is 118 Å². The van der Waals surface area contributed by atoms with Crippen molar-refractivity contribution in [2.24, 2.45) is 29.6 Å². The summed E-state index contributed by atoms with van der Waals surface area (Å²) in [6.45, 7) is 12.0. The molecule has 220 valence electrons. The Bertz CT molecular complexity index is 1040. The number of epoxide rings is 1. The van der Waals surface area contributed by atoms with Gasteiger partial charge in [-0.1, -0.05) is 79.2 Å². The second-order valence-electron chi connectivity index (χ2n) is 13.8. The van der Waals surface area contributed by atoms with Crippen LogP contribution in [0, 0.1) is 29.6 Å². The van der Waals surface area contributed by atoms with Gasteiger partial charge in [-0.05, 0) is 36.7 Å². The summed E-state index contributed by atoms with van der Waals surface area (Å²) in [7, 11) is 0. The fourth-order valence-corrected chi connectivity index (χ4v) is 9.59. The van der Waals surface area contributed by atoms with Crippen LogP contribution in [0.5, 0.6) is 0 Å². The van der Waals surface area contributed by atoms with Crippen LogP contribution in [0.1, 0.15) is 92.9 Å². The van der Waals surface area contributed by atoms with Crippen LogP contribution in [0.15, 0.2) is 11.6 Å². The van der Waals surface area contributed by atoms with Crippen molar-refractivity contribution >= 4 is 5.78 Å². The molecule has 3 N–H and O–H groups in total. The second-order valence-corrected chi connectivity index (χ2v) is 13.8. The molecule has 5 fully saturated rings. The third kappa shape index (κ3) is 3.28. The zero-order chi connectivity index (χ0) is 28.2. The van der Waals surface area contributed by atoms with E-state index in [2.05, 4.69) is 34.6 Å². The molecule has 3 saturated heterocycles. The minimum atomic E-state index is -2.17. The predicted molar refractivity (Wildman–Crippen MR) is 142 cm³/mol. The van der Waals surface area contributed by atoms with E-state index in [1.54, 1.807) is 13.0 Å². The van der Waals surface area contributed by atoms with Crippen molar-refractivity contribution in [2.75, 3.05) is 6.61 Å². The van der Waals surface area contributed by atoms with Gasteiger partial charge in [0.05, 0.1) is 12.2 Å². The molecule has 0 aromatic rings. The molecule has 12 atom stereocenters. The molecular formula is C31H48O8. The predicted octanol–water partition coefficient (Wildman–Crippen LogP) is 3.64. The molecule has 3 aliphatic heterocycles. The van der Waals surface area contributed by atoms with Gasteiger partial charge in [0.1, 0.15) is 29.5 Å². The zero-order valence-corrected chi connectivity index (χ0v) is 24.4. The highest BCUT2D eigenvalue weighted by atomic mass is 16.9. The molecule has 2 saturated carbocycles. The summed E-state index contributed by atoms with van der Waals surface area (Å²) in [5.74, 6) is -3.17. The van der Waals surface area contributed by atoms with Gasteiger partial charge >= 0.3 is 0 Å². The van der Waals surface area contributed by atoms with E-state index >= 15 is 0 Å². The third-order valence-corrected chi connectivity index (χ3v) is 11.7. The molecule has 3 aliphatic carbocycles. The SMILES string of the molecule is CCCCCCCCCC12O[C@@H]3[C@@H]4[C@@H]5O[C@]5(CO)[C@@H](O)[C@]5(O)C(=O)C(C)=C[C@H]5[C@@]4(O1)[C@H](C)[C@@H](C)[C@]3(C(C)C)O2. The molecular weight excluding hydrogens is 500 g/mol. The number of unbranched alkanes of at least 4 members (excludes halogenated alkanes) is 6. The van der Waals surface area contributed by atoms with Gasteiger partial charge in [0.25, 0.3) is 5.97 Å². The molecule has 0 spiro atoms. The summed E-state index contributed by atoms with van der Waals surface area (Å²) in [5.41, 5.74) is -4.98. The van der Waals surface area contributed by atoms with Crippen molar-refractivity contribution in [3.8, 4) is 0 Å². The Balaban J connectivity index is 1.44. The molecule has 8 nitrogen and oxygen atoms in total. The number of hydrogen-bond acceptors (Lipinski definition) is 8. The van der Waals surface area contributed by atoms with Crippen LogP contribution in [0.3, 0.4) is 0 Å². The third-order valence-electron chi connectivity index (χ3n) is 11.7. The fraction of sp³-hybridized carbons (Fsp3) is 0.903. The lowest BCUT2D eigenvalue weighted by molar-refractivity contribution is -0.431. The summed E-state index contributed by atoms with van der Waals surface area (Å²) in [4.78, 5) is 13.6. The van der Waals surface area contributed by atoms with E-state index in [0.29, 0.717) is 12.0 Å². The number of carbonyl (C=O) groups excluding carboxylic acids is 1. The highest BCUT2D eigenvalue weighted by Gasteiger charge is 2.89. The van der Waals surface area contributed by atoms with Crippen LogP contribution in [0.25, 0.3) is 0 Å². The highest BCUT2D eigenvalue weighted by molar-refractivity contribution is 6.05. The number of hydrogen-bond donors (Lipinski definition) is 3. The summed E-state index contributed by atoms with van der Waals surface area (Å²) in [6, 6.07) is 0. The smallest absolute Gasteiger partial charge is 0.284 e. The van der Waals surface area contributed by atoms with Crippen molar-refractivity contribution in [1.82, 2.24) is 0 Å². The number of carbonyl (C=O) groups is 1. The first-order chi connectivity index (χ1) is 18.4. The van der Waals surface area contributed by atoms with Crippen molar-refractivity contribution < 1.29 is 39.1 Å². The molecule has 39 heavy (non-hydrogen) atoms. The quantitative estimate of drug-likeness (QED) is 0.280. The van der Waals surface area contributed by atoms with Gasteiger partial charge in [0.2, 0.25) is 0 Å². The van der Waals surface area contributed by atoms with Gasteiger partial charge in [-0.3, -0.25) is 4.79 Å². The lowest BCUT2D eigenvalue weighted by Gasteiger charge is -2.62. The van der Waals surface area contributed by atoms with E-state index in [0.717, 1.165) is 19.3 Å². The number of aliphatic hydroxyl groups excluding tert-OH is 2. The molecule has 8 heteroatoms. The molecule has 0 radical (unpaired) electrons. The maximum Gasteiger partial charge on any atom is 0.284 e. The normalized spacial score (nSPS) is 52.9. The van der Waals surface area contributed by atoms with E-state index in [1.165, 1.54) is 25.7 Å². The monoisotopic (exact) mass is 548 g/mol. The van der Waals surface area contributed by atoms with E-state index in [9.17, 15) is 20.1 Å². The van der Waals surface area contributed by atoms with Gasteiger partial charge < -0.3 is 34.3 Å². The van der Waals surface area contributed by atoms with E-state index in [-0.39, 0.29) is 17.8 Å². The molecule has 6 aliphatic rings. The van der Waals surface area contributed by atoms with Crippen LogP contribution in [0.4, 0.5) is 0 Å². The Hall–Kier alpha value is -0.870. The van der Waals surface area contributed by atoms with Crippen molar-refractivity contribution in [3.05, 3.63) is 11.6 Å². The summed E-state index contributed by atoms with van der Waals surface area (Å²) < 4.78 is 27.2. The van der Waals surface area contributed by atoms with E-state index < -0.39 is 70.9 Å². The second kappa shape index (κ2) is 9.06. The molecule has 0 aromatic heterocycles.